The Kier molecular flexibility index (Phi) is 3.42. The van der Waals surface area contributed by atoms with Gasteiger partial charge in [0.2, 0.25) is 5.78 Å². The number of aromatic nitrogens is 1. The maximum Gasteiger partial charge on any atom is 0.215 e. The molecule has 0 amide bonds. The van der Waals surface area contributed by atoms with Crippen molar-refractivity contribution in [2.24, 2.45) is 0 Å². The fraction of sp³-hybridized carbons (Fsp3) is 0.200. The van der Waals surface area contributed by atoms with Crippen molar-refractivity contribution < 1.29 is 9.53 Å². The Labute approximate surface area is 106 Å². The highest BCUT2D eigenvalue weighted by Crippen LogP contribution is 2.22. The van der Waals surface area contributed by atoms with Crippen LogP contribution in [0.15, 0.2) is 36.5 Å². The van der Waals surface area contributed by atoms with Gasteiger partial charge in [-0.05, 0) is 37.1 Å². The minimum atomic E-state index is -0.0944. The predicted octanol–water partition coefficient (Wildman–Crippen LogP) is 2.94. The summed E-state index contributed by atoms with van der Waals surface area (Å²) < 4.78 is 5.18. The van der Waals surface area contributed by atoms with E-state index in [1.807, 2.05) is 32.0 Å². The third-order valence-electron chi connectivity index (χ3n) is 2.91. The van der Waals surface area contributed by atoms with Gasteiger partial charge in [0.05, 0.1) is 7.11 Å². The summed E-state index contributed by atoms with van der Waals surface area (Å²) in [4.78, 5) is 16.7. The second kappa shape index (κ2) is 5.00. The van der Waals surface area contributed by atoms with Crippen molar-refractivity contribution >= 4 is 5.78 Å². The number of hydrogen-bond acceptors (Lipinski definition) is 3. The van der Waals surface area contributed by atoms with Gasteiger partial charge in [0.1, 0.15) is 5.75 Å². The second-order valence-electron chi connectivity index (χ2n) is 4.15. The summed E-state index contributed by atoms with van der Waals surface area (Å²) in [5.41, 5.74) is 2.97. The molecular weight excluding hydrogens is 226 g/mol. The highest BCUT2D eigenvalue weighted by molar-refractivity contribution is 6.11. The number of rotatable bonds is 3. The molecule has 92 valence electrons. The van der Waals surface area contributed by atoms with Crippen LogP contribution in [0.25, 0.3) is 0 Å². The number of pyridine rings is 1. The zero-order valence-corrected chi connectivity index (χ0v) is 10.7. The molecule has 1 aromatic carbocycles. The molecule has 1 heterocycles. The minimum absolute atomic E-state index is 0.0944. The van der Waals surface area contributed by atoms with E-state index in [4.69, 9.17) is 4.74 Å². The molecule has 18 heavy (non-hydrogen) atoms. The van der Waals surface area contributed by atoms with E-state index in [2.05, 4.69) is 4.98 Å². The maximum absolute atomic E-state index is 12.5. The molecule has 0 bridgehead atoms. The van der Waals surface area contributed by atoms with Gasteiger partial charge in [0.15, 0.2) is 5.69 Å². The lowest BCUT2D eigenvalue weighted by Crippen LogP contribution is -2.09. The Morgan fingerprint density at radius 2 is 1.78 bits per heavy atom. The lowest BCUT2D eigenvalue weighted by atomic mass is 9.97. The van der Waals surface area contributed by atoms with Crippen LogP contribution >= 0.6 is 0 Å². The van der Waals surface area contributed by atoms with Gasteiger partial charge in [0.25, 0.3) is 0 Å². The summed E-state index contributed by atoms with van der Waals surface area (Å²) in [6.45, 7) is 3.85. The van der Waals surface area contributed by atoms with Gasteiger partial charge in [-0.2, -0.15) is 0 Å². The molecule has 0 unspecified atom stereocenters. The average Bonchev–Trinajstić information content (AvgIpc) is 2.38. The summed E-state index contributed by atoms with van der Waals surface area (Å²) in [5.74, 6) is 0.410. The van der Waals surface area contributed by atoms with E-state index in [1.165, 1.54) is 0 Å². The van der Waals surface area contributed by atoms with Crippen LogP contribution in [-0.2, 0) is 0 Å². The summed E-state index contributed by atoms with van der Waals surface area (Å²) in [7, 11) is 1.54. The number of ether oxygens (including phenoxy) is 1. The van der Waals surface area contributed by atoms with Crippen LogP contribution in [0.2, 0.25) is 0 Å². The number of ketones is 1. The number of hydrogen-bond donors (Lipinski definition) is 0. The normalized spacial score (nSPS) is 10.2. The van der Waals surface area contributed by atoms with Crippen molar-refractivity contribution in [3.8, 4) is 5.75 Å². The molecule has 3 nitrogen and oxygen atoms in total. The average molecular weight is 241 g/mol. The lowest BCUT2D eigenvalue weighted by Gasteiger charge is -2.10. The van der Waals surface area contributed by atoms with Crippen LogP contribution in [-0.4, -0.2) is 17.9 Å². The van der Waals surface area contributed by atoms with Gasteiger partial charge in [-0.25, -0.2) is 4.98 Å². The molecule has 0 N–H and O–H groups in total. The summed E-state index contributed by atoms with van der Waals surface area (Å²) in [5, 5.41) is 0. The first-order valence-corrected chi connectivity index (χ1v) is 5.75. The van der Waals surface area contributed by atoms with E-state index >= 15 is 0 Å². The second-order valence-corrected chi connectivity index (χ2v) is 4.15. The third kappa shape index (κ3) is 2.12. The van der Waals surface area contributed by atoms with Crippen LogP contribution in [0.5, 0.6) is 5.75 Å². The lowest BCUT2D eigenvalue weighted by molar-refractivity contribution is 0.103. The fourth-order valence-corrected chi connectivity index (χ4v) is 2.02. The first-order valence-electron chi connectivity index (χ1n) is 5.75. The highest BCUT2D eigenvalue weighted by atomic mass is 16.5. The molecule has 0 spiro atoms. The number of aryl methyl sites for hydroxylation is 2. The van der Waals surface area contributed by atoms with Gasteiger partial charge in [-0.1, -0.05) is 18.2 Å². The van der Waals surface area contributed by atoms with E-state index in [0.29, 0.717) is 17.0 Å². The standard InChI is InChI=1S/C15H15NO2/c1-10-6-4-7-11(2)13(10)15(17)14-12(18-3)8-5-9-16-14/h4-9H,1-3H3. The Hall–Kier alpha value is -2.16. The van der Waals surface area contributed by atoms with Gasteiger partial charge in [-0.3, -0.25) is 4.79 Å². The topological polar surface area (TPSA) is 39.2 Å². The zero-order chi connectivity index (χ0) is 13.1. The number of methoxy groups -OCH3 is 1. The molecule has 0 fully saturated rings. The first kappa shape index (κ1) is 12.3. The molecule has 0 aliphatic carbocycles. The predicted molar refractivity (Wildman–Crippen MR) is 70.1 cm³/mol. The zero-order valence-electron chi connectivity index (χ0n) is 10.7. The molecule has 1 aromatic heterocycles. The Balaban J connectivity index is 2.55. The summed E-state index contributed by atoms with van der Waals surface area (Å²) in [6.07, 6.45) is 1.60. The summed E-state index contributed by atoms with van der Waals surface area (Å²) in [6, 6.07) is 9.29. The molecule has 0 radical (unpaired) electrons. The van der Waals surface area contributed by atoms with E-state index < -0.39 is 0 Å². The van der Waals surface area contributed by atoms with Gasteiger partial charge in [0, 0.05) is 11.8 Å². The smallest absolute Gasteiger partial charge is 0.215 e. The van der Waals surface area contributed by atoms with Crippen LogP contribution < -0.4 is 4.74 Å². The monoisotopic (exact) mass is 241 g/mol. The minimum Gasteiger partial charge on any atom is -0.494 e. The molecule has 0 saturated carbocycles. The Morgan fingerprint density at radius 3 is 2.39 bits per heavy atom. The van der Waals surface area contributed by atoms with Crippen molar-refractivity contribution in [3.05, 3.63) is 58.9 Å². The molecule has 2 aromatic rings. The van der Waals surface area contributed by atoms with Gasteiger partial charge < -0.3 is 4.74 Å². The summed E-state index contributed by atoms with van der Waals surface area (Å²) >= 11 is 0. The SMILES string of the molecule is COc1cccnc1C(=O)c1c(C)cccc1C. The largest absolute Gasteiger partial charge is 0.494 e. The highest BCUT2D eigenvalue weighted by Gasteiger charge is 2.19. The van der Waals surface area contributed by atoms with E-state index in [-0.39, 0.29) is 5.78 Å². The molecule has 3 heteroatoms. The van der Waals surface area contributed by atoms with Gasteiger partial charge in [-0.15, -0.1) is 0 Å². The number of carbonyl (C=O) groups excluding carboxylic acids is 1. The molecular formula is C15H15NO2. The van der Waals surface area contributed by atoms with Crippen molar-refractivity contribution in [2.75, 3.05) is 7.11 Å². The van der Waals surface area contributed by atoms with Crippen LogP contribution in [0.3, 0.4) is 0 Å². The van der Waals surface area contributed by atoms with Crippen molar-refractivity contribution in [2.45, 2.75) is 13.8 Å². The Bertz CT molecular complexity index is 571. The maximum atomic E-state index is 12.5. The number of nitrogens with zero attached hydrogens (tertiary/aromatic N) is 1. The van der Waals surface area contributed by atoms with Crippen LogP contribution in [0.4, 0.5) is 0 Å². The molecule has 0 atom stereocenters. The van der Waals surface area contributed by atoms with E-state index in [1.54, 1.807) is 25.4 Å². The molecule has 0 aliphatic heterocycles. The molecule has 0 saturated heterocycles. The number of carbonyl (C=O) groups is 1. The van der Waals surface area contributed by atoms with Crippen molar-refractivity contribution in [1.82, 2.24) is 4.98 Å². The van der Waals surface area contributed by atoms with E-state index in [0.717, 1.165) is 11.1 Å². The quantitative estimate of drug-likeness (QED) is 0.775. The third-order valence-corrected chi connectivity index (χ3v) is 2.91. The van der Waals surface area contributed by atoms with Crippen molar-refractivity contribution in [3.63, 3.8) is 0 Å². The molecule has 0 aliphatic rings. The molecule has 2 rings (SSSR count). The van der Waals surface area contributed by atoms with Crippen LogP contribution in [0, 0.1) is 13.8 Å². The van der Waals surface area contributed by atoms with Crippen molar-refractivity contribution in [1.29, 1.82) is 0 Å². The Morgan fingerprint density at radius 1 is 1.11 bits per heavy atom. The number of benzene rings is 1. The first-order chi connectivity index (χ1) is 8.65. The van der Waals surface area contributed by atoms with E-state index in [9.17, 15) is 4.79 Å². The van der Waals surface area contributed by atoms with Crippen LogP contribution in [0.1, 0.15) is 27.2 Å². The van der Waals surface area contributed by atoms with Gasteiger partial charge >= 0.3 is 0 Å². The fourth-order valence-electron chi connectivity index (χ4n) is 2.02.